The number of aryl methyl sites for hydroxylation is 1. The summed E-state index contributed by atoms with van der Waals surface area (Å²) in [5.41, 5.74) is 0.919. The number of nitrogens with one attached hydrogen (secondary N) is 1. The van der Waals surface area contributed by atoms with Crippen molar-refractivity contribution in [2.75, 3.05) is 20.6 Å². The molecule has 2 aromatic rings. The Morgan fingerprint density at radius 1 is 1.41 bits per heavy atom. The summed E-state index contributed by atoms with van der Waals surface area (Å²) in [6.07, 6.45) is 4.68. The van der Waals surface area contributed by atoms with Crippen LogP contribution in [0.15, 0.2) is 47.7 Å². The van der Waals surface area contributed by atoms with Crippen LogP contribution in [0.2, 0.25) is 0 Å². The van der Waals surface area contributed by atoms with E-state index in [1.54, 1.807) is 25.4 Å². The second kappa shape index (κ2) is 8.17. The highest BCUT2D eigenvalue weighted by Gasteiger charge is 2.06. The van der Waals surface area contributed by atoms with Crippen molar-refractivity contribution < 1.29 is 4.39 Å². The van der Waals surface area contributed by atoms with E-state index in [2.05, 4.69) is 15.4 Å². The molecule has 0 aliphatic rings. The van der Waals surface area contributed by atoms with E-state index >= 15 is 0 Å². The second-order valence-corrected chi connectivity index (χ2v) is 5.08. The third kappa shape index (κ3) is 4.87. The van der Waals surface area contributed by atoms with Crippen LogP contribution in [0.25, 0.3) is 0 Å². The minimum absolute atomic E-state index is 0.215. The van der Waals surface area contributed by atoms with Crippen molar-refractivity contribution in [2.45, 2.75) is 19.5 Å². The third-order valence-corrected chi connectivity index (χ3v) is 3.29. The van der Waals surface area contributed by atoms with Crippen molar-refractivity contribution >= 4 is 5.96 Å². The molecule has 0 fully saturated rings. The standard InChI is InChI=1S/C16H22FN5/c1-18-16(19-8-4-10-22-11-5-9-20-22)21(2)13-14-6-3-7-15(17)12-14/h3,5-7,9,11-12H,4,8,10,13H2,1-2H3,(H,18,19). The second-order valence-electron chi connectivity index (χ2n) is 5.08. The van der Waals surface area contributed by atoms with Crippen molar-refractivity contribution in [3.63, 3.8) is 0 Å². The van der Waals surface area contributed by atoms with E-state index in [9.17, 15) is 4.39 Å². The highest BCUT2D eigenvalue weighted by Crippen LogP contribution is 2.06. The Kier molecular flexibility index (Phi) is 5.94. The fourth-order valence-corrected chi connectivity index (χ4v) is 2.24. The first-order chi connectivity index (χ1) is 10.7. The van der Waals surface area contributed by atoms with Gasteiger partial charge < -0.3 is 10.2 Å². The van der Waals surface area contributed by atoms with Gasteiger partial charge in [0.2, 0.25) is 0 Å². The van der Waals surface area contributed by atoms with Gasteiger partial charge in [-0.2, -0.15) is 5.10 Å². The summed E-state index contributed by atoms with van der Waals surface area (Å²) in [6.45, 7) is 2.28. The van der Waals surface area contributed by atoms with Gasteiger partial charge in [0.05, 0.1) is 0 Å². The number of benzene rings is 1. The van der Waals surface area contributed by atoms with Gasteiger partial charge in [-0.15, -0.1) is 0 Å². The zero-order valence-corrected chi connectivity index (χ0v) is 13.0. The van der Waals surface area contributed by atoms with Crippen molar-refractivity contribution in [1.29, 1.82) is 0 Å². The molecule has 0 saturated heterocycles. The van der Waals surface area contributed by atoms with Gasteiger partial charge >= 0.3 is 0 Å². The number of aliphatic imine (C=N–C) groups is 1. The van der Waals surface area contributed by atoms with E-state index in [0.717, 1.165) is 31.0 Å². The first kappa shape index (κ1) is 16.0. The largest absolute Gasteiger partial charge is 0.356 e. The van der Waals surface area contributed by atoms with Gasteiger partial charge in [-0.25, -0.2) is 4.39 Å². The summed E-state index contributed by atoms with van der Waals surface area (Å²) in [5, 5.41) is 7.47. The van der Waals surface area contributed by atoms with Gasteiger partial charge in [0.25, 0.3) is 0 Å². The van der Waals surface area contributed by atoms with E-state index in [4.69, 9.17) is 0 Å². The molecule has 0 spiro atoms. The summed E-state index contributed by atoms with van der Waals surface area (Å²) >= 11 is 0. The molecule has 1 aromatic heterocycles. The number of halogens is 1. The molecule has 2 rings (SSSR count). The summed E-state index contributed by atoms with van der Waals surface area (Å²) in [5.74, 6) is 0.581. The predicted octanol–water partition coefficient (Wildman–Crippen LogP) is 2.12. The molecule has 0 aliphatic carbocycles. The molecule has 0 bridgehead atoms. The Labute approximate surface area is 130 Å². The van der Waals surface area contributed by atoms with Crippen molar-refractivity contribution in [1.82, 2.24) is 20.0 Å². The summed E-state index contributed by atoms with van der Waals surface area (Å²) < 4.78 is 15.1. The molecule has 1 aromatic carbocycles. The molecule has 0 radical (unpaired) electrons. The van der Waals surface area contributed by atoms with Crippen molar-refractivity contribution in [3.05, 3.63) is 54.1 Å². The highest BCUT2D eigenvalue weighted by molar-refractivity contribution is 5.79. The molecule has 1 heterocycles. The number of rotatable bonds is 6. The SMILES string of the molecule is CN=C(NCCCn1cccn1)N(C)Cc1cccc(F)c1. The lowest BCUT2D eigenvalue weighted by Gasteiger charge is -2.22. The van der Waals surface area contributed by atoms with Crippen LogP contribution in [-0.2, 0) is 13.1 Å². The molecule has 22 heavy (non-hydrogen) atoms. The smallest absolute Gasteiger partial charge is 0.193 e. The van der Waals surface area contributed by atoms with Gasteiger partial charge in [-0.3, -0.25) is 9.67 Å². The molecule has 6 heteroatoms. The lowest BCUT2D eigenvalue weighted by atomic mass is 10.2. The number of aromatic nitrogens is 2. The van der Waals surface area contributed by atoms with Crippen molar-refractivity contribution in [3.8, 4) is 0 Å². The highest BCUT2D eigenvalue weighted by atomic mass is 19.1. The fraction of sp³-hybridized carbons (Fsp3) is 0.375. The molecular formula is C16H22FN5. The van der Waals surface area contributed by atoms with E-state index < -0.39 is 0 Å². The van der Waals surface area contributed by atoms with Gasteiger partial charge in [0.15, 0.2) is 5.96 Å². The minimum Gasteiger partial charge on any atom is -0.356 e. The van der Waals surface area contributed by atoms with Gasteiger partial charge in [0.1, 0.15) is 5.82 Å². The zero-order valence-electron chi connectivity index (χ0n) is 13.0. The average Bonchev–Trinajstić information content (AvgIpc) is 3.00. The third-order valence-electron chi connectivity index (χ3n) is 3.29. The zero-order chi connectivity index (χ0) is 15.8. The monoisotopic (exact) mass is 303 g/mol. The first-order valence-electron chi connectivity index (χ1n) is 7.32. The van der Waals surface area contributed by atoms with E-state index in [-0.39, 0.29) is 5.82 Å². The molecule has 118 valence electrons. The topological polar surface area (TPSA) is 45.5 Å². The number of hydrogen-bond donors (Lipinski definition) is 1. The Morgan fingerprint density at radius 3 is 2.95 bits per heavy atom. The van der Waals surface area contributed by atoms with Crippen LogP contribution in [0.4, 0.5) is 4.39 Å². The maximum absolute atomic E-state index is 13.2. The Bertz CT molecular complexity index is 594. The van der Waals surface area contributed by atoms with Gasteiger partial charge in [-0.1, -0.05) is 12.1 Å². The minimum atomic E-state index is -0.215. The van der Waals surface area contributed by atoms with Crippen LogP contribution in [0.1, 0.15) is 12.0 Å². The summed E-state index contributed by atoms with van der Waals surface area (Å²) in [4.78, 5) is 6.23. The maximum Gasteiger partial charge on any atom is 0.193 e. The maximum atomic E-state index is 13.2. The van der Waals surface area contributed by atoms with Crippen LogP contribution in [-0.4, -0.2) is 41.3 Å². The molecule has 5 nitrogen and oxygen atoms in total. The molecule has 1 N–H and O–H groups in total. The lowest BCUT2D eigenvalue weighted by molar-refractivity contribution is 0.469. The van der Waals surface area contributed by atoms with E-state index in [0.29, 0.717) is 6.54 Å². The summed E-state index contributed by atoms with van der Waals surface area (Å²) in [7, 11) is 3.69. The van der Waals surface area contributed by atoms with Gasteiger partial charge in [0, 0.05) is 46.1 Å². The predicted molar refractivity (Wildman–Crippen MR) is 86.1 cm³/mol. The Morgan fingerprint density at radius 2 is 2.27 bits per heavy atom. The number of hydrogen-bond acceptors (Lipinski definition) is 2. The van der Waals surface area contributed by atoms with Gasteiger partial charge in [-0.05, 0) is 30.2 Å². The van der Waals surface area contributed by atoms with Crippen LogP contribution in [0.5, 0.6) is 0 Å². The molecule has 0 aliphatic heterocycles. The Balaban J connectivity index is 1.78. The average molecular weight is 303 g/mol. The normalized spacial score (nSPS) is 11.5. The number of nitrogens with zero attached hydrogens (tertiary/aromatic N) is 4. The van der Waals surface area contributed by atoms with Crippen LogP contribution < -0.4 is 5.32 Å². The van der Waals surface area contributed by atoms with Crippen LogP contribution in [0, 0.1) is 5.82 Å². The lowest BCUT2D eigenvalue weighted by Crippen LogP contribution is -2.39. The summed E-state index contributed by atoms with van der Waals surface area (Å²) in [6, 6.07) is 8.54. The van der Waals surface area contributed by atoms with Crippen LogP contribution >= 0.6 is 0 Å². The Hall–Kier alpha value is -2.37. The van der Waals surface area contributed by atoms with Crippen molar-refractivity contribution in [2.24, 2.45) is 4.99 Å². The number of guanidine groups is 1. The molecule has 0 atom stereocenters. The quantitative estimate of drug-likeness (QED) is 0.505. The molecule has 0 unspecified atom stereocenters. The van der Waals surface area contributed by atoms with E-state index in [1.807, 2.05) is 35.0 Å². The molecule has 0 amide bonds. The van der Waals surface area contributed by atoms with Crippen LogP contribution in [0.3, 0.4) is 0 Å². The fourth-order valence-electron chi connectivity index (χ4n) is 2.24. The first-order valence-corrected chi connectivity index (χ1v) is 7.32. The molecule has 0 saturated carbocycles. The molecular weight excluding hydrogens is 281 g/mol. The van der Waals surface area contributed by atoms with E-state index in [1.165, 1.54) is 6.07 Å².